The number of nitrogens with zero attached hydrogens (tertiary/aromatic N) is 2. The minimum Gasteiger partial charge on any atom is -0.344 e. The molecule has 1 fully saturated rings. The monoisotopic (exact) mass is 376 g/mol. The molecular formula is C23H28N4O. The SMILES string of the molecule is CC(c1cccc(-c2cnc3[nH]cc(C(=O)C(C)(C)C)c3n2)c1)C1CCNC1. The quantitative estimate of drug-likeness (QED) is 0.655. The summed E-state index contributed by atoms with van der Waals surface area (Å²) in [5, 5.41) is 3.46. The fourth-order valence-corrected chi connectivity index (χ4v) is 3.96. The second-order valence-electron chi connectivity index (χ2n) is 8.90. The maximum absolute atomic E-state index is 12.8. The molecule has 1 aromatic carbocycles. The molecule has 3 aromatic rings. The normalized spacial score (nSPS) is 18.5. The Labute approximate surface area is 166 Å². The molecule has 1 aliphatic rings. The smallest absolute Gasteiger partial charge is 0.171 e. The van der Waals surface area contributed by atoms with Gasteiger partial charge in [0.2, 0.25) is 0 Å². The lowest BCUT2D eigenvalue weighted by atomic mass is 9.86. The molecule has 0 spiro atoms. The third-order valence-electron chi connectivity index (χ3n) is 5.82. The van der Waals surface area contributed by atoms with E-state index in [4.69, 9.17) is 4.98 Å². The highest BCUT2D eigenvalue weighted by Crippen LogP contribution is 2.32. The number of nitrogens with one attached hydrogen (secondary N) is 2. The highest BCUT2D eigenvalue weighted by Gasteiger charge is 2.27. The summed E-state index contributed by atoms with van der Waals surface area (Å²) < 4.78 is 0. The number of rotatable bonds is 4. The van der Waals surface area contributed by atoms with Crippen molar-refractivity contribution in [2.75, 3.05) is 13.1 Å². The topological polar surface area (TPSA) is 70.7 Å². The van der Waals surface area contributed by atoms with Crippen LogP contribution in [0.1, 0.15) is 56.0 Å². The van der Waals surface area contributed by atoms with E-state index in [-0.39, 0.29) is 5.78 Å². The van der Waals surface area contributed by atoms with Crippen molar-refractivity contribution in [3.05, 3.63) is 47.8 Å². The van der Waals surface area contributed by atoms with Gasteiger partial charge in [0, 0.05) is 17.2 Å². The number of H-pyrrole nitrogens is 1. The Kier molecular flexibility index (Phi) is 4.79. The number of ketones is 1. The summed E-state index contributed by atoms with van der Waals surface area (Å²) in [6, 6.07) is 8.57. The molecule has 2 aromatic heterocycles. The average Bonchev–Trinajstić information content (AvgIpc) is 3.35. The van der Waals surface area contributed by atoms with Crippen LogP contribution < -0.4 is 5.32 Å². The lowest BCUT2D eigenvalue weighted by molar-refractivity contribution is 0.0860. The number of aromatic nitrogens is 3. The van der Waals surface area contributed by atoms with Gasteiger partial charge in [0.1, 0.15) is 5.52 Å². The predicted molar refractivity (Wildman–Crippen MR) is 113 cm³/mol. The van der Waals surface area contributed by atoms with Gasteiger partial charge in [-0.1, -0.05) is 45.9 Å². The van der Waals surface area contributed by atoms with Gasteiger partial charge < -0.3 is 10.3 Å². The molecule has 0 radical (unpaired) electrons. The molecule has 1 saturated heterocycles. The van der Waals surface area contributed by atoms with Gasteiger partial charge in [-0.05, 0) is 43.0 Å². The second kappa shape index (κ2) is 7.13. The first-order valence-electron chi connectivity index (χ1n) is 10.0. The van der Waals surface area contributed by atoms with Crippen molar-refractivity contribution in [1.29, 1.82) is 0 Å². The Morgan fingerprint density at radius 2 is 2.11 bits per heavy atom. The largest absolute Gasteiger partial charge is 0.344 e. The highest BCUT2D eigenvalue weighted by molar-refractivity contribution is 6.08. The fourth-order valence-electron chi connectivity index (χ4n) is 3.96. The van der Waals surface area contributed by atoms with E-state index in [1.165, 1.54) is 12.0 Å². The van der Waals surface area contributed by atoms with Gasteiger partial charge in [0.25, 0.3) is 0 Å². The van der Waals surface area contributed by atoms with Crippen LogP contribution >= 0.6 is 0 Å². The van der Waals surface area contributed by atoms with Gasteiger partial charge in [-0.25, -0.2) is 9.97 Å². The van der Waals surface area contributed by atoms with Crippen molar-refractivity contribution in [3.8, 4) is 11.3 Å². The molecule has 3 heterocycles. The first-order valence-corrected chi connectivity index (χ1v) is 10.0. The van der Waals surface area contributed by atoms with Gasteiger partial charge in [-0.3, -0.25) is 4.79 Å². The fraction of sp³-hybridized carbons (Fsp3) is 0.435. The van der Waals surface area contributed by atoms with Gasteiger partial charge in [-0.2, -0.15) is 0 Å². The molecule has 0 bridgehead atoms. The van der Waals surface area contributed by atoms with Gasteiger partial charge in [0.15, 0.2) is 11.4 Å². The standard InChI is InChI=1S/C23H28N4O/c1-14(17-8-9-24-11-17)15-6-5-7-16(10-15)19-13-26-22-20(27-19)18(12-25-22)21(28)23(2,3)4/h5-7,10,12-14,17,24H,8-9,11H2,1-4H3,(H,25,26). The summed E-state index contributed by atoms with van der Waals surface area (Å²) in [5.41, 5.74) is 4.62. The summed E-state index contributed by atoms with van der Waals surface area (Å²) in [4.78, 5) is 25.2. The molecule has 28 heavy (non-hydrogen) atoms. The van der Waals surface area contributed by atoms with E-state index in [9.17, 15) is 4.79 Å². The Morgan fingerprint density at radius 3 is 2.82 bits per heavy atom. The van der Waals surface area contributed by atoms with Crippen molar-refractivity contribution in [2.24, 2.45) is 11.3 Å². The van der Waals surface area contributed by atoms with Crippen LogP contribution in [-0.2, 0) is 0 Å². The highest BCUT2D eigenvalue weighted by atomic mass is 16.1. The molecule has 5 nitrogen and oxygen atoms in total. The minimum absolute atomic E-state index is 0.0707. The van der Waals surface area contributed by atoms with Crippen LogP contribution in [0.4, 0.5) is 0 Å². The minimum atomic E-state index is -0.461. The number of carbonyl (C=O) groups is 1. The summed E-state index contributed by atoms with van der Waals surface area (Å²) in [6.45, 7) is 10.3. The van der Waals surface area contributed by atoms with Crippen molar-refractivity contribution >= 4 is 16.9 Å². The third-order valence-corrected chi connectivity index (χ3v) is 5.82. The van der Waals surface area contributed by atoms with E-state index in [2.05, 4.69) is 46.5 Å². The van der Waals surface area contributed by atoms with Crippen molar-refractivity contribution in [1.82, 2.24) is 20.3 Å². The van der Waals surface area contributed by atoms with Crippen LogP contribution in [0.5, 0.6) is 0 Å². The zero-order chi connectivity index (χ0) is 19.9. The molecule has 2 atom stereocenters. The van der Waals surface area contributed by atoms with Crippen LogP contribution in [0, 0.1) is 11.3 Å². The first kappa shape index (κ1) is 18.8. The lowest BCUT2D eigenvalue weighted by Gasteiger charge is -2.19. The van der Waals surface area contributed by atoms with E-state index >= 15 is 0 Å². The van der Waals surface area contributed by atoms with Crippen LogP contribution in [0.15, 0.2) is 36.7 Å². The Bertz CT molecular complexity index is 1010. The van der Waals surface area contributed by atoms with Gasteiger partial charge in [-0.15, -0.1) is 0 Å². The summed E-state index contributed by atoms with van der Waals surface area (Å²) >= 11 is 0. The third kappa shape index (κ3) is 3.47. The lowest BCUT2D eigenvalue weighted by Crippen LogP contribution is -2.20. The van der Waals surface area contributed by atoms with E-state index in [0.29, 0.717) is 28.6 Å². The molecule has 0 saturated carbocycles. The molecule has 0 aliphatic carbocycles. The molecule has 2 N–H and O–H groups in total. The summed E-state index contributed by atoms with van der Waals surface area (Å²) in [5.74, 6) is 1.24. The molecule has 5 heteroatoms. The number of benzene rings is 1. The molecular weight excluding hydrogens is 348 g/mol. The number of fused-ring (bicyclic) bond motifs is 1. The predicted octanol–water partition coefficient (Wildman–Crippen LogP) is 4.57. The number of aromatic amines is 1. The number of Topliss-reactive ketones (excluding diaryl/α,β-unsaturated/α-hetero) is 1. The van der Waals surface area contributed by atoms with Gasteiger partial charge >= 0.3 is 0 Å². The second-order valence-corrected chi connectivity index (χ2v) is 8.90. The van der Waals surface area contributed by atoms with Crippen molar-refractivity contribution in [2.45, 2.75) is 40.0 Å². The Balaban J connectivity index is 1.71. The summed E-state index contributed by atoms with van der Waals surface area (Å²) in [6.07, 6.45) is 4.73. The molecule has 146 valence electrons. The molecule has 4 rings (SSSR count). The number of carbonyl (C=O) groups excluding carboxylic acids is 1. The maximum atomic E-state index is 12.8. The zero-order valence-corrected chi connectivity index (χ0v) is 17.0. The van der Waals surface area contributed by atoms with E-state index in [1.807, 2.05) is 20.8 Å². The number of hydrogen-bond acceptors (Lipinski definition) is 4. The first-order chi connectivity index (χ1) is 13.3. The molecule has 2 unspecified atom stereocenters. The Hall–Kier alpha value is -2.53. The molecule has 0 amide bonds. The Morgan fingerprint density at radius 1 is 1.29 bits per heavy atom. The number of hydrogen-bond donors (Lipinski definition) is 2. The van der Waals surface area contributed by atoms with Crippen molar-refractivity contribution < 1.29 is 4.79 Å². The summed E-state index contributed by atoms with van der Waals surface area (Å²) in [7, 11) is 0. The zero-order valence-electron chi connectivity index (χ0n) is 17.0. The van der Waals surface area contributed by atoms with Crippen LogP contribution in [-0.4, -0.2) is 33.8 Å². The van der Waals surface area contributed by atoms with E-state index in [0.717, 1.165) is 24.3 Å². The van der Waals surface area contributed by atoms with Crippen LogP contribution in [0.25, 0.3) is 22.4 Å². The van der Waals surface area contributed by atoms with Crippen molar-refractivity contribution in [3.63, 3.8) is 0 Å². The molecule has 1 aliphatic heterocycles. The average molecular weight is 377 g/mol. The maximum Gasteiger partial charge on any atom is 0.171 e. The van der Waals surface area contributed by atoms with E-state index in [1.54, 1.807) is 12.4 Å². The van der Waals surface area contributed by atoms with Crippen LogP contribution in [0.3, 0.4) is 0 Å². The van der Waals surface area contributed by atoms with Gasteiger partial charge in [0.05, 0.1) is 17.5 Å². The van der Waals surface area contributed by atoms with Crippen LogP contribution in [0.2, 0.25) is 0 Å². The van der Waals surface area contributed by atoms with E-state index < -0.39 is 5.41 Å².